The van der Waals surface area contributed by atoms with Crippen LogP contribution >= 0.6 is 0 Å². The number of hydrogen-bond acceptors (Lipinski definition) is 0. The largest absolute Gasteiger partial charge is 0.103 e. The van der Waals surface area contributed by atoms with Gasteiger partial charge in [0.1, 0.15) is 0 Å². The summed E-state index contributed by atoms with van der Waals surface area (Å²) in [6.45, 7) is 6.65. The first-order chi connectivity index (χ1) is 17.7. The Kier molecular flexibility index (Phi) is 7.99. The van der Waals surface area contributed by atoms with Crippen molar-refractivity contribution in [2.75, 3.05) is 0 Å². The molecule has 6 rings (SSSR count). The van der Waals surface area contributed by atoms with Gasteiger partial charge in [0, 0.05) is 37.3 Å². The van der Waals surface area contributed by atoms with Gasteiger partial charge in [-0.15, -0.1) is 6.58 Å². The monoisotopic (exact) mass is 574 g/mol. The van der Waals surface area contributed by atoms with E-state index >= 15 is 0 Å². The summed E-state index contributed by atoms with van der Waals surface area (Å²) in [5.41, 5.74) is 13.2. The smallest absolute Gasteiger partial charge is 0.0761 e. The van der Waals surface area contributed by atoms with Gasteiger partial charge in [-0.1, -0.05) is 135 Å². The third-order valence-corrected chi connectivity index (χ3v) is 14.2. The van der Waals surface area contributed by atoms with Crippen LogP contribution < -0.4 is 0 Å². The number of hydrogen-bond donors (Lipinski definition) is 0. The fourth-order valence-corrected chi connectivity index (χ4v) is 13.1. The van der Waals surface area contributed by atoms with E-state index in [2.05, 4.69) is 116 Å². The van der Waals surface area contributed by atoms with Gasteiger partial charge in [-0.2, -0.15) is 0 Å². The van der Waals surface area contributed by atoms with E-state index in [0.29, 0.717) is 11.1 Å². The van der Waals surface area contributed by atoms with Crippen molar-refractivity contribution in [3.63, 3.8) is 0 Å². The van der Waals surface area contributed by atoms with Crippen molar-refractivity contribution in [3.05, 3.63) is 132 Å². The fourth-order valence-electron chi connectivity index (χ4n) is 7.34. The molecule has 0 saturated heterocycles. The molecule has 0 spiro atoms. The predicted molar refractivity (Wildman–Crippen MR) is 157 cm³/mol. The van der Waals surface area contributed by atoms with E-state index in [1.807, 2.05) is 0 Å². The standard InChI is InChI=1S/C35H36Si.Zr/c1-3-4-5-6-7-16-25-36(2,34-30-21-12-8-17-26(30)27-18-9-13-22-31(27)34)35-32-23-14-10-19-28(32)29-20-11-15-24-33(29)35;/h3,8-15,17-24,34-35H,1,4-7,16,25H2,2H3;. The van der Waals surface area contributed by atoms with Gasteiger partial charge in [0.15, 0.2) is 0 Å². The van der Waals surface area contributed by atoms with Crippen LogP contribution in [0.2, 0.25) is 12.6 Å². The molecule has 0 aromatic heterocycles. The molecule has 0 amide bonds. The molecule has 0 unspecified atom stereocenters. The zero-order chi connectivity index (χ0) is 24.5. The molecule has 0 atom stereocenters. The average molecular weight is 576 g/mol. The molecule has 4 aromatic carbocycles. The van der Waals surface area contributed by atoms with Gasteiger partial charge >= 0.3 is 0 Å². The zero-order valence-corrected chi connectivity index (χ0v) is 25.4. The summed E-state index contributed by atoms with van der Waals surface area (Å²) in [6, 6.07) is 38.4. The summed E-state index contributed by atoms with van der Waals surface area (Å²) < 4.78 is 0. The Balaban J connectivity index is 0.00000280. The van der Waals surface area contributed by atoms with Crippen LogP contribution in [0.5, 0.6) is 0 Å². The van der Waals surface area contributed by atoms with Gasteiger partial charge in [-0.25, -0.2) is 0 Å². The average Bonchev–Trinajstić information content (AvgIpc) is 3.45. The molecule has 0 saturated carbocycles. The molecule has 0 heterocycles. The van der Waals surface area contributed by atoms with E-state index < -0.39 is 8.07 Å². The van der Waals surface area contributed by atoms with Crippen LogP contribution in [0.4, 0.5) is 0 Å². The van der Waals surface area contributed by atoms with Gasteiger partial charge < -0.3 is 0 Å². The van der Waals surface area contributed by atoms with E-state index in [-0.39, 0.29) is 26.2 Å². The summed E-state index contributed by atoms with van der Waals surface area (Å²) >= 11 is 0. The Morgan fingerprint density at radius 3 is 1.30 bits per heavy atom. The Hall–Kier alpha value is -2.28. The Bertz CT molecular complexity index is 1220. The number of benzene rings is 4. The van der Waals surface area contributed by atoms with Crippen LogP contribution in [0.3, 0.4) is 0 Å². The molecule has 4 aromatic rings. The Morgan fingerprint density at radius 2 is 0.919 bits per heavy atom. The van der Waals surface area contributed by atoms with E-state index in [0.717, 1.165) is 6.42 Å². The summed E-state index contributed by atoms with van der Waals surface area (Å²) in [5, 5.41) is 0. The number of allylic oxidation sites excluding steroid dienone is 1. The van der Waals surface area contributed by atoms with Crippen LogP contribution in [-0.2, 0) is 26.2 Å². The molecule has 2 aliphatic rings. The molecule has 2 aliphatic carbocycles. The van der Waals surface area contributed by atoms with Crippen molar-refractivity contribution in [1.82, 2.24) is 0 Å². The van der Waals surface area contributed by atoms with E-state index in [4.69, 9.17) is 0 Å². The normalized spacial score (nSPS) is 13.9. The molecule has 0 fully saturated rings. The summed E-state index contributed by atoms with van der Waals surface area (Å²) in [7, 11) is -1.98. The second-order valence-electron chi connectivity index (χ2n) is 11.0. The van der Waals surface area contributed by atoms with Crippen molar-refractivity contribution in [1.29, 1.82) is 0 Å². The molecule has 0 N–H and O–H groups in total. The zero-order valence-electron chi connectivity index (χ0n) is 21.9. The van der Waals surface area contributed by atoms with Crippen LogP contribution in [0.15, 0.2) is 110 Å². The Morgan fingerprint density at radius 1 is 0.568 bits per heavy atom. The maximum absolute atomic E-state index is 3.91. The van der Waals surface area contributed by atoms with Crippen LogP contribution in [0, 0.1) is 0 Å². The summed E-state index contributed by atoms with van der Waals surface area (Å²) in [6.07, 6.45) is 8.43. The minimum atomic E-state index is -1.98. The predicted octanol–water partition coefficient (Wildman–Crippen LogP) is 9.90. The third-order valence-electron chi connectivity index (χ3n) is 8.86. The van der Waals surface area contributed by atoms with Crippen molar-refractivity contribution < 1.29 is 26.2 Å². The fraction of sp³-hybridized carbons (Fsp3) is 0.257. The topological polar surface area (TPSA) is 0 Å². The molecular formula is C35H36SiZr. The minimum Gasteiger partial charge on any atom is -0.103 e. The molecular weight excluding hydrogens is 540 g/mol. The third kappa shape index (κ3) is 4.51. The van der Waals surface area contributed by atoms with E-state index in [1.165, 1.54) is 54.0 Å². The van der Waals surface area contributed by atoms with Crippen LogP contribution in [0.1, 0.15) is 65.4 Å². The van der Waals surface area contributed by atoms with Crippen molar-refractivity contribution in [2.45, 2.75) is 55.8 Å². The summed E-state index contributed by atoms with van der Waals surface area (Å²) in [5.74, 6) is 0. The van der Waals surface area contributed by atoms with Gasteiger partial charge in [0.25, 0.3) is 0 Å². The number of rotatable bonds is 9. The molecule has 0 nitrogen and oxygen atoms in total. The number of fused-ring (bicyclic) bond motifs is 6. The van der Waals surface area contributed by atoms with Crippen molar-refractivity contribution >= 4 is 8.07 Å². The van der Waals surface area contributed by atoms with Gasteiger partial charge in [-0.05, 0) is 57.3 Å². The first kappa shape index (κ1) is 26.3. The molecule has 0 radical (unpaired) electrons. The first-order valence-corrected chi connectivity index (χ1v) is 16.6. The maximum Gasteiger partial charge on any atom is 0.0761 e. The maximum atomic E-state index is 3.91. The second kappa shape index (κ2) is 11.2. The Labute approximate surface area is 243 Å². The number of unbranched alkanes of at least 4 members (excludes halogenated alkanes) is 4. The van der Waals surface area contributed by atoms with Gasteiger partial charge in [0.2, 0.25) is 0 Å². The van der Waals surface area contributed by atoms with Crippen molar-refractivity contribution in [2.24, 2.45) is 0 Å². The summed E-state index contributed by atoms with van der Waals surface area (Å²) in [4.78, 5) is 0. The van der Waals surface area contributed by atoms with Crippen LogP contribution in [-0.4, -0.2) is 8.07 Å². The second-order valence-corrected chi connectivity index (χ2v) is 15.6. The van der Waals surface area contributed by atoms with Gasteiger partial charge in [0.05, 0.1) is 8.07 Å². The van der Waals surface area contributed by atoms with E-state index in [1.54, 1.807) is 22.3 Å². The minimum absolute atomic E-state index is 0. The molecule has 0 bridgehead atoms. The van der Waals surface area contributed by atoms with Gasteiger partial charge in [-0.3, -0.25) is 0 Å². The first-order valence-electron chi connectivity index (χ1n) is 13.7. The van der Waals surface area contributed by atoms with Crippen molar-refractivity contribution in [3.8, 4) is 22.3 Å². The quantitative estimate of drug-likeness (QED) is 0.106. The van der Waals surface area contributed by atoms with Crippen LogP contribution in [0.25, 0.3) is 22.3 Å². The molecule has 184 valence electrons. The SMILES string of the molecule is C=CCCCCCC[Si](C)(C1c2ccccc2-c2ccccc21)C1c2ccccc2-c2ccccc21.[Zr]. The molecule has 2 heteroatoms. The van der Waals surface area contributed by atoms with E-state index in [9.17, 15) is 0 Å². The molecule has 0 aliphatic heterocycles. The molecule has 37 heavy (non-hydrogen) atoms.